The Balaban J connectivity index is 1.89. The maximum atomic E-state index is 10.8. The van der Waals surface area contributed by atoms with E-state index in [0.29, 0.717) is 0 Å². The Hall–Kier alpha value is -1.91. The van der Waals surface area contributed by atoms with Crippen molar-refractivity contribution in [1.82, 2.24) is 15.0 Å². The van der Waals surface area contributed by atoms with Crippen LogP contribution in [-0.2, 0) is 16.1 Å². The Bertz CT molecular complexity index is 536. The molecule has 1 aromatic heterocycles. The normalized spacial score (nSPS) is 12.6. The van der Waals surface area contributed by atoms with Crippen LogP contribution >= 0.6 is 0 Å². The van der Waals surface area contributed by atoms with Crippen molar-refractivity contribution in [2.45, 2.75) is 39.3 Å². The third kappa shape index (κ3) is 3.06. The Morgan fingerprint density at radius 1 is 1.44 bits per heavy atom. The summed E-state index contributed by atoms with van der Waals surface area (Å²) >= 11 is 0. The third-order valence-electron chi connectivity index (χ3n) is 2.77. The smallest absolute Gasteiger partial charge is 0.302 e. The van der Waals surface area contributed by atoms with Crippen LogP contribution in [0.1, 0.15) is 26.7 Å². The van der Waals surface area contributed by atoms with Crippen molar-refractivity contribution in [3.05, 3.63) is 24.3 Å². The van der Waals surface area contributed by atoms with Crippen molar-refractivity contribution >= 4 is 17.0 Å². The van der Waals surface area contributed by atoms with Crippen LogP contribution in [0.3, 0.4) is 0 Å². The number of rotatable bonds is 5. The van der Waals surface area contributed by atoms with E-state index in [1.807, 2.05) is 35.9 Å². The van der Waals surface area contributed by atoms with Crippen LogP contribution in [0.15, 0.2) is 24.3 Å². The SMILES string of the molecule is CC(=O)O[C@H](C)CCCn1nnc2ccccc21. The minimum atomic E-state index is -0.228. The second-order valence-electron chi connectivity index (χ2n) is 4.36. The fourth-order valence-corrected chi connectivity index (χ4v) is 1.95. The van der Waals surface area contributed by atoms with Crippen LogP contribution in [0.5, 0.6) is 0 Å². The van der Waals surface area contributed by atoms with Crippen molar-refractivity contribution in [2.75, 3.05) is 0 Å². The minimum absolute atomic E-state index is 0.0442. The second-order valence-corrected chi connectivity index (χ2v) is 4.36. The van der Waals surface area contributed by atoms with Gasteiger partial charge in [0.15, 0.2) is 0 Å². The van der Waals surface area contributed by atoms with E-state index in [-0.39, 0.29) is 12.1 Å². The van der Waals surface area contributed by atoms with E-state index in [0.717, 1.165) is 30.4 Å². The van der Waals surface area contributed by atoms with Crippen molar-refractivity contribution in [1.29, 1.82) is 0 Å². The molecule has 0 unspecified atom stereocenters. The van der Waals surface area contributed by atoms with Crippen molar-refractivity contribution in [3.8, 4) is 0 Å². The molecule has 0 N–H and O–H groups in total. The van der Waals surface area contributed by atoms with E-state index in [4.69, 9.17) is 4.74 Å². The van der Waals surface area contributed by atoms with Crippen LogP contribution in [-0.4, -0.2) is 27.1 Å². The van der Waals surface area contributed by atoms with Crippen LogP contribution in [0.2, 0.25) is 0 Å². The summed E-state index contributed by atoms with van der Waals surface area (Å²) in [6.45, 7) is 4.12. The Morgan fingerprint density at radius 3 is 3.00 bits per heavy atom. The number of hydrogen-bond donors (Lipinski definition) is 0. The summed E-state index contributed by atoms with van der Waals surface area (Å²) in [7, 11) is 0. The highest BCUT2D eigenvalue weighted by molar-refractivity contribution is 5.73. The molecule has 0 aliphatic rings. The first kappa shape index (κ1) is 12.5. The number of hydrogen-bond acceptors (Lipinski definition) is 4. The standard InChI is InChI=1S/C13H17N3O2/c1-10(18-11(2)17)6-5-9-16-13-8-4-3-7-12(13)14-15-16/h3-4,7-8,10H,5-6,9H2,1-2H3/t10-/m1/s1. The van der Waals surface area contributed by atoms with Gasteiger partial charge in [0.2, 0.25) is 0 Å². The summed E-state index contributed by atoms with van der Waals surface area (Å²) in [6.07, 6.45) is 1.69. The van der Waals surface area contributed by atoms with E-state index in [2.05, 4.69) is 10.3 Å². The van der Waals surface area contributed by atoms with Crippen molar-refractivity contribution in [2.24, 2.45) is 0 Å². The fraction of sp³-hybridized carbons (Fsp3) is 0.462. The topological polar surface area (TPSA) is 57.0 Å². The zero-order valence-corrected chi connectivity index (χ0v) is 10.7. The monoisotopic (exact) mass is 247 g/mol. The molecule has 0 saturated carbocycles. The summed E-state index contributed by atoms with van der Waals surface area (Å²) in [6, 6.07) is 7.87. The van der Waals surface area contributed by atoms with Gasteiger partial charge in [-0.1, -0.05) is 17.3 Å². The van der Waals surface area contributed by atoms with Crippen LogP contribution in [0.4, 0.5) is 0 Å². The molecule has 0 radical (unpaired) electrons. The number of fused-ring (bicyclic) bond motifs is 1. The van der Waals surface area contributed by atoms with Gasteiger partial charge < -0.3 is 4.74 Å². The minimum Gasteiger partial charge on any atom is -0.463 e. The number of esters is 1. The number of carbonyl (C=O) groups is 1. The molecule has 0 spiro atoms. The van der Waals surface area contributed by atoms with Gasteiger partial charge in [-0.3, -0.25) is 4.79 Å². The average Bonchev–Trinajstić information content (AvgIpc) is 2.72. The lowest BCUT2D eigenvalue weighted by Crippen LogP contribution is -2.13. The van der Waals surface area contributed by atoms with Crippen LogP contribution in [0, 0.1) is 0 Å². The van der Waals surface area contributed by atoms with Crippen LogP contribution in [0.25, 0.3) is 11.0 Å². The van der Waals surface area contributed by atoms with Gasteiger partial charge in [-0.05, 0) is 31.9 Å². The quantitative estimate of drug-likeness (QED) is 0.760. The molecule has 5 heteroatoms. The lowest BCUT2D eigenvalue weighted by molar-refractivity contribution is -0.145. The first-order valence-electron chi connectivity index (χ1n) is 6.12. The zero-order valence-electron chi connectivity index (χ0n) is 10.7. The molecule has 0 bridgehead atoms. The molecule has 0 aliphatic heterocycles. The van der Waals surface area contributed by atoms with Gasteiger partial charge in [0.1, 0.15) is 5.52 Å². The molecular formula is C13H17N3O2. The average molecular weight is 247 g/mol. The van der Waals surface area contributed by atoms with Crippen molar-refractivity contribution in [3.63, 3.8) is 0 Å². The largest absolute Gasteiger partial charge is 0.463 e. The molecule has 1 atom stereocenters. The molecule has 96 valence electrons. The van der Waals surface area contributed by atoms with E-state index >= 15 is 0 Å². The summed E-state index contributed by atoms with van der Waals surface area (Å²) in [5.41, 5.74) is 1.95. The molecule has 2 aromatic rings. The molecule has 1 aromatic carbocycles. The highest BCUT2D eigenvalue weighted by atomic mass is 16.5. The lowest BCUT2D eigenvalue weighted by Gasteiger charge is -2.11. The molecule has 0 aliphatic carbocycles. The molecule has 1 heterocycles. The lowest BCUT2D eigenvalue weighted by atomic mass is 10.2. The molecule has 0 fully saturated rings. The number of nitrogens with zero attached hydrogens (tertiary/aromatic N) is 3. The van der Waals surface area contributed by atoms with Gasteiger partial charge in [0, 0.05) is 13.5 Å². The third-order valence-corrected chi connectivity index (χ3v) is 2.77. The summed E-state index contributed by atoms with van der Waals surface area (Å²) < 4.78 is 6.96. The molecular weight excluding hydrogens is 230 g/mol. The van der Waals surface area contributed by atoms with Gasteiger partial charge in [-0.2, -0.15) is 0 Å². The first-order chi connectivity index (χ1) is 8.66. The number of aryl methyl sites for hydroxylation is 1. The highest BCUT2D eigenvalue weighted by Crippen LogP contribution is 2.11. The Labute approximate surface area is 106 Å². The van der Waals surface area contributed by atoms with Gasteiger partial charge in [-0.25, -0.2) is 4.68 Å². The number of aromatic nitrogens is 3. The molecule has 18 heavy (non-hydrogen) atoms. The summed E-state index contributed by atoms with van der Waals surface area (Å²) in [4.78, 5) is 10.8. The second kappa shape index (κ2) is 5.62. The molecule has 2 rings (SSSR count). The molecule has 0 amide bonds. The van der Waals surface area contributed by atoms with Gasteiger partial charge in [0.05, 0.1) is 11.6 Å². The van der Waals surface area contributed by atoms with Crippen molar-refractivity contribution < 1.29 is 9.53 Å². The number of para-hydroxylation sites is 1. The van der Waals surface area contributed by atoms with Gasteiger partial charge in [-0.15, -0.1) is 5.10 Å². The summed E-state index contributed by atoms with van der Waals surface area (Å²) in [5.74, 6) is -0.228. The van der Waals surface area contributed by atoms with Gasteiger partial charge >= 0.3 is 5.97 Å². The number of ether oxygens (including phenoxy) is 1. The highest BCUT2D eigenvalue weighted by Gasteiger charge is 2.07. The van der Waals surface area contributed by atoms with E-state index in [1.54, 1.807) is 0 Å². The maximum Gasteiger partial charge on any atom is 0.302 e. The molecule has 5 nitrogen and oxygen atoms in total. The first-order valence-corrected chi connectivity index (χ1v) is 6.12. The molecule has 0 saturated heterocycles. The van der Waals surface area contributed by atoms with Crippen LogP contribution < -0.4 is 0 Å². The van der Waals surface area contributed by atoms with Gasteiger partial charge in [0.25, 0.3) is 0 Å². The number of benzene rings is 1. The predicted molar refractivity (Wildman–Crippen MR) is 68.0 cm³/mol. The summed E-state index contributed by atoms with van der Waals surface area (Å²) in [5, 5.41) is 8.20. The Kier molecular flexibility index (Phi) is 3.92. The van der Waals surface area contributed by atoms with E-state index in [1.165, 1.54) is 6.92 Å². The Morgan fingerprint density at radius 2 is 2.22 bits per heavy atom. The predicted octanol–water partition coefficient (Wildman–Crippen LogP) is 2.16. The van der Waals surface area contributed by atoms with E-state index in [9.17, 15) is 4.79 Å². The zero-order chi connectivity index (χ0) is 13.0. The van der Waals surface area contributed by atoms with E-state index < -0.39 is 0 Å². The fourth-order valence-electron chi connectivity index (χ4n) is 1.95. The number of carbonyl (C=O) groups excluding carboxylic acids is 1. The maximum absolute atomic E-state index is 10.8.